The van der Waals surface area contributed by atoms with Crippen molar-refractivity contribution in [2.45, 2.75) is 13.0 Å². The van der Waals surface area contributed by atoms with Crippen LogP contribution in [0.1, 0.15) is 12.5 Å². The van der Waals surface area contributed by atoms with E-state index in [1.54, 1.807) is 0 Å². The zero-order valence-corrected chi connectivity index (χ0v) is 14.7. The van der Waals surface area contributed by atoms with Gasteiger partial charge in [-0.2, -0.15) is 0 Å². The molecule has 0 radical (unpaired) electrons. The summed E-state index contributed by atoms with van der Waals surface area (Å²) in [6.07, 6.45) is 1.12. The third kappa shape index (κ3) is 3.47. The number of esters is 1. The topological polar surface area (TPSA) is 136 Å². The van der Waals surface area contributed by atoms with Crippen molar-refractivity contribution in [1.82, 2.24) is 4.90 Å². The average molecular weight is 382 g/mol. The van der Waals surface area contributed by atoms with Crippen molar-refractivity contribution < 1.29 is 33.9 Å². The Morgan fingerprint density at radius 1 is 1.38 bits per heavy atom. The van der Waals surface area contributed by atoms with Crippen LogP contribution < -0.4 is 4.74 Å². The Morgan fingerprint density at radius 2 is 2.04 bits per heavy atom. The normalized spacial score (nSPS) is 16.7. The fourth-order valence-corrected chi connectivity index (χ4v) is 3.12. The molecule has 2 rings (SSSR count). The molecule has 1 heterocycles. The minimum Gasteiger partial charge on any atom is -0.504 e. The molecule has 1 aromatic rings. The molecule has 1 aliphatic heterocycles. The number of hydrogen-bond acceptors (Lipinski definition) is 9. The van der Waals surface area contributed by atoms with Crippen LogP contribution in [-0.2, 0) is 14.3 Å². The van der Waals surface area contributed by atoms with E-state index in [9.17, 15) is 29.6 Å². The number of phenolic OH excluding ortho intramolecular Hbond substituents is 1. The number of amides is 2. The summed E-state index contributed by atoms with van der Waals surface area (Å²) >= 11 is 0.538. The van der Waals surface area contributed by atoms with Crippen LogP contribution in [0.15, 0.2) is 17.0 Å². The third-order valence-electron chi connectivity index (χ3n) is 3.56. The van der Waals surface area contributed by atoms with Crippen LogP contribution in [0.5, 0.6) is 11.5 Å². The lowest BCUT2D eigenvalue weighted by Crippen LogP contribution is -2.42. The van der Waals surface area contributed by atoms with Gasteiger partial charge >= 0.3 is 5.97 Å². The van der Waals surface area contributed by atoms with E-state index >= 15 is 0 Å². The van der Waals surface area contributed by atoms with Gasteiger partial charge in [-0.3, -0.25) is 24.6 Å². The van der Waals surface area contributed by atoms with Gasteiger partial charge in [-0.1, -0.05) is 0 Å². The number of hydrogen-bond donors (Lipinski definition) is 1. The molecule has 11 heteroatoms. The summed E-state index contributed by atoms with van der Waals surface area (Å²) in [5, 5.41) is 20.4. The number of carbonyl (C=O) groups is 3. The summed E-state index contributed by atoms with van der Waals surface area (Å²) in [4.78, 5) is 47.0. The maximum Gasteiger partial charge on any atom is 0.328 e. The van der Waals surface area contributed by atoms with Crippen molar-refractivity contribution in [2.24, 2.45) is 0 Å². The smallest absolute Gasteiger partial charge is 0.328 e. The van der Waals surface area contributed by atoms with Crippen molar-refractivity contribution in [3.63, 3.8) is 0 Å². The number of thioether (sulfide) groups is 1. The molecule has 1 atom stereocenters. The van der Waals surface area contributed by atoms with E-state index in [2.05, 4.69) is 4.74 Å². The van der Waals surface area contributed by atoms with E-state index in [1.165, 1.54) is 14.0 Å². The van der Waals surface area contributed by atoms with Crippen LogP contribution in [-0.4, -0.2) is 52.3 Å². The number of imide groups is 1. The molecule has 1 aromatic carbocycles. The third-order valence-corrected chi connectivity index (χ3v) is 4.44. The molecule has 1 aliphatic rings. The second kappa shape index (κ2) is 7.44. The first-order chi connectivity index (χ1) is 12.2. The minimum atomic E-state index is -1.13. The molecular weight excluding hydrogens is 368 g/mol. The Bertz CT molecular complexity index is 835. The van der Waals surface area contributed by atoms with E-state index in [0.29, 0.717) is 16.7 Å². The van der Waals surface area contributed by atoms with E-state index in [-0.39, 0.29) is 21.9 Å². The molecule has 0 unspecified atom stereocenters. The van der Waals surface area contributed by atoms with Crippen LogP contribution in [0.2, 0.25) is 0 Å². The predicted octanol–water partition coefficient (Wildman–Crippen LogP) is 1.91. The van der Waals surface area contributed by atoms with Gasteiger partial charge in [0.2, 0.25) is 0 Å². The fourth-order valence-electron chi connectivity index (χ4n) is 2.22. The number of ether oxygens (including phenoxy) is 2. The summed E-state index contributed by atoms with van der Waals surface area (Å²) in [7, 11) is 2.34. The molecule has 0 spiro atoms. The zero-order chi connectivity index (χ0) is 19.6. The summed E-state index contributed by atoms with van der Waals surface area (Å²) in [6.45, 7) is 1.33. The van der Waals surface area contributed by atoms with Gasteiger partial charge in [-0.05, 0) is 24.8 Å². The van der Waals surface area contributed by atoms with Crippen LogP contribution in [0.4, 0.5) is 10.5 Å². The van der Waals surface area contributed by atoms with Crippen LogP contribution >= 0.6 is 11.8 Å². The molecule has 138 valence electrons. The number of nitrogens with zero attached hydrogens (tertiary/aromatic N) is 2. The van der Waals surface area contributed by atoms with Gasteiger partial charge in [-0.25, -0.2) is 4.79 Å². The van der Waals surface area contributed by atoms with Crippen LogP contribution in [0.3, 0.4) is 0 Å². The number of non-ortho nitro benzene ring substituents is 1. The molecule has 10 nitrogen and oxygen atoms in total. The van der Waals surface area contributed by atoms with Crippen LogP contribution in [0, 0.1) is 10.1 Å². The molecule has 0 aliphatic carbocycles. The summed E-state index contributed by atoms with van der Waals surface area (Å²) in [5.41, 5.74) is -0.444. The Kier molecular flexibility index (Phi) is 5.50. The lowest BCUT2D eigenvalue weighted by molar-refractivity contribution is -0.385. The molecule has 1 saturated heterocycles. The number of nitro benzene ring substituents is 1. The van der Waals surface area contributed by atoms with Gasteiger partial charge in [0.1, 0.15) is 6.04 Å². The van der Waals surface area contributed by atoms with Crippen molar-refractivity contribution in [3.8, 4) is 11.5 Å². The summed E-state index contributed by atoms with van der Waals surface area (Å²) < 4.78 is 9.40. The van der Waals surface area contributed by atoms with Crippen molar-refractivity contribution in [2.75, 3.05) is 14.2 Å². The van der Waals surface area contributed by atoms with Crippen molar-refractivity contribution in [1.29, 1.82) is 0 Å². The largest absolute Gasteiger partial charge is 0.504 e. The number of carbonyl (C=O) groups excluding carboxylic acids is 3. The van der Waals surface area contributed by atoms with Crippen molar-refractivity contribution >= 4 is 40.6 Å². The minimum absolute atomic E-state index is 0.0766. The maximum atomic E-state index is 12.4. The van der Waals surface area contributed by atoms with E-state index in [4.69, 9.17) is 4.74 Å². The molecule has 1 N–H and O–H groups in total. The lowest BCUT2D eigenvalue weighted by atomic mass is 10.1. The van der Waals surface area contributed by atoms with Crippen molar-refractivity contribution in [3.05, 3.63) is 32.7 Å². The zero-order valence-electron chi connectivity index (χ0n) is 13.9. The highest BCUT2D eigenvalue weighted by atomic mass is 32.2. The molecule has 26 heavy (non-hydrogen) atoms. The Labute approximate surface area is 151 Å². The number of rotatable bonds is 5. The van der Waals surface area contributed by atoms with Gasteiger partial charge in [0.15, 0.2) is 11.5 Å². The van der Waals surface area contributed by atoms with Gasteiger partial charge in [0, 0.05) is 11.6 Å². The Hall–Kier alpha value is -3.08. The summed E-state index contributed by atoms with van der Waals surface area (Å²) in [6, 6.07) is 0.930. The monoisotopic (exact) mass is 382 g/mol. The highest BCUT2D eigenvalue weighted by molar-refractivity contribution is 8.18. The number of phenols is 1. The molecule has 1 fully saturated rings. The number of nitro groups is 1. The van der Waals surface area contributed by atoms with E-state index < -0.39 is 33.8 Å². The number of methoxy groups -OCH3 is 2. The number of aromatic hydroxyl groups is 1. The van der Waals surface area contributed by atoms with Gasteiger partial charge in [0.25, 0.3) is 16.8 Å². The SMILES string of the molecule is COC(=O)[C@H](C)N1C(=O)S/C(=C\c2cc([N+](=O)[O-])cc(OC)c2O)C1=O. The standard InChI is InChI=1S/C15H14N2O8S/c1-7(14(20)25-3)16-13(19)11(26-15(16)21)5-8-4-9(17(22)23)6-10(24-2)12(8)18/h4-7,18H,1-3H3/b11-5-/t7-/m0/s1. The molecule has 2 amide bonds. The van der Waals surface area contributed by atoms with E-state index in [0.717, 1.165) is 25.3 Å². The van der Waals surface area contributed by atoms with Gasteiger partial charge < -0.3 is 14.6 Å². The highest BCUT2D eigenvalue weighted by Gasteiger charge is 2.41. The quantitative estimate of drug-likeness (QED) is 0.350. The molecular formula is C15H14N2O8S. The summed E-state index contributed by atoms with van der Waals surface area (Å²) in [5.74, 6) is -2.13. The predicted molar refractivity (Wildman–Crippen MR) is 90.6 cm³/mol. The number of benzene rings is 1. The first-order valence-electron chi connectivity index (χ1n) is 7.11. The fraction of sp³-hybridized carbons (Fsp3) is 0.267. The molecule has 0 saturated carbocycles. The first kappa shape index (κ1) is 19.2. The average Bonchev–Trinajstić information content (AvgIpc) is 2.88. The lowest BCUT2D eigenvalue weighted by Gasteiger charge is -2.18. The maximum absolute atomic E-state index is 12.4. The van der Waals surface area contributed by atoms with Gasteiger partial charge in [0.05, 0.1) is 30.1 Å². The van der Waals surface area contributed by atoms with Crippen LogP contribution in [0.25, 0.3) is 6.08 Å². The Morgan fingerprint density at radius 3 is 2.58 bits per heavy atom. The molecule has 0 bridgehead atoms. The second-order valence-electron chi connectivity index (χ2n) is 5.09. The van der Waals surface area contributed by atoms with E-state index in [1.807, 2.05) is 0 Å². The molecule has 0 aromatic heterocycles. The Balaban J connectivity index is 2.46. The first-order valence-corrected chi connectivity index (χ1v) is 7.93. The van der Waals surface area contributed by atoms with Gasteiger partial charge in [-0.15, -0.1) is 0 Å². The second-order valence-corrected chi connectivity index (χ2v) is 6.09. The highest BCUT2D eigenvalue weighted by Crippen LogP contribution is 2.39.